The lowest BCUT2D eigenvalue weighted by atomic mass is 10.2. The van der Waals surface area contributed by atoms with Crippen molar-refractivity contribution in [1.82, 2.24) is 9.97 Å². The molecule has 0 saturated heterocycles. The number of imidazole rings is 1. The molecule has 0 saturated carbocycles. The van der Waals surface area contributed by atoms with E-state index < -0.39 is 0 Å². The molecule has 5 heteroatoms. The van der Waals surface area contributed by atoms with E-state index in [1.54, 1.807) is 24.3 Å². The summed E-state index contributed by atoms with van der Waals surface area (Å²) >= 11 is 11.9. The molecular weight excluding hydrogens is 274 g/mol. The Morgan fingerprint density at radius 3 is 2.44 bits per heavy atom. The summed E-state index contributed by atoms with van der Waals surface area (Å²) in [5, 5.41) is 1.06. The molecule has 1 aromatic heterocycles. The van der Waals surface area contributed by atoms with E-state index in [1.165, 1.54) is 12.1 Å². The molecular formula is C13H7Cl2FN2. The van der Waals surface area contributed by atoms with Gasteiger partial charge in [0, 0.05) is 15.6 Å². The average molecular weight is 281 g/mol. The molecule has 0 aliphatic heterocycles. The molecule has 0 amide bonds. The van der Waals surface area contributed by atoms with E-state index in [2.05, 4.69) is 9.97 Å². The number of hydrogen-bond acceptors (Lipinski definition) is 1. The Balaban J connectivity index is 2.19. The van der Waals surface area contributed by atoms with Gasteiger partial charge in [0.2, 0.25) is 0 Å². The maximum absolute atomic E-state index is 13.1. The maximum atomic E-state index is 13.1. The number of aromatic amines is 1. The Morgan fingerprint density at radius 1 is 1.00 bits per heavy atom. The van der Waals surface area contributed by atoms with Crippen molar-refractivity contribution in [2.75, 3.05) is 0 Å². The predicted octanol–water partition coefficient (Wildman–Crippen LogP) is 4.68. The fraction of sp³-hybridized carbons (Fsp3) is 0. The van der Waals surface area contributed by atoms with Gasteiger partial charge in [-0.2, -0.15) is 0 Å². The summed E-state index contributed by atoms with van der Waals surface area (Å²) in [6.45, 7) is 0. The molecule has 0 fully saturated rings. The number of hydrogen-bond donors (Lipinski definition) is 1. The number of H-pyrrole nitrogens is 1. The van der Waals surface area contributed by atoms with E-state index in [1.807, 2.05) is 0 Å². The Hall–Kier alpha value is -1.58. The minimum Gasteiger partial charge on any atom is -0.338 e. The van der Waals surface area contributed by atoms with Crippen LogP contribution in [0, 0.1) is 5.82 Å². The second-order valence-electron chi connectivity index (χ2n) is 3.91. The normalized spacial score (nSPS) is 11.1. The molecule has 1 N–H and O–H groups in total. The highest BCUT2D eigenvalue weighted by Gasteiger charge is 2.07. The molecule has 0 aliphatic rings. The summed E-state index contributed by atoms with van der Waals surface area (Å²) in [6.07, 6.45) is 0. The van der Waals surface area contributed by atoms with Crippen LogP contribution in [0.5, 0.6) is 0 Å². The molecule has 0 bridgehead atoms. The van der Waals surface area contributed by atoms with E-state index >= 15 is 0 Å². The first-order valence-corrected chi connectivity index (χ1v) is 5.99. The van der Waals surface area contributed by atoms with Crippen LogP contribution >= 0.6 is 23.2 Å². The summed E-state index contributed by atoms with van der Waals surface area (Å²) in [5.41, 5.74) is 2.10. The van der Waals surface area contributed by atoms with Crippen molar-refractivity contribution in [2.24, 2.45) is 0 Å². The number of benzene rings is 2. The number of fused-ring (bicyclic) bond motifs is 1. The zero-order valence-corrected chi connectivity index (χ0v) is 10.6. The summed E-state index contributed by atoms with van der Waals surface area (Å²) in [4.78, 5) is 7.41. The van der Waals surface area contributed by atoms with Gasteiger partial charge in [-0.3, -0.25) is 0 Å². The maximum Gasteiger partial charge on any atom is 0.138 e. The Bertz CT molecular complexity index is 717. The van der Waals surface area contributed by atoms with Gasteiger partial charge in [-0.25, -0.2) is 9.37 Å². The molecule has 18 heavy (non-hydrogen) atoms. The minimum atomic E-state index is -0.304. The summed E-state index contributed by atoms with van der Waals surface area (Å²) < 4.78 is 13.1. The van der Waals surface area contributed by atoms with Gasteiger partial charge in [-0.15, -0.1) is 0 Å². The zero-order valence-electron chi connectivity index (χ0n) is 9.05. The van der Waals surface area contributed by atoms with Crippen LogP contribution in [0.4, 0.5) is 4.39 Å². The largest absolute Gasteiger partial charge is 0.338 e. The van der Waals surface area contributed by atoms with Crippen molar-refractivity contribution in [2.45, 2.75) is 0 Å². The zero-order chi connectivity index (χ0) is 12.7. The Morgan fingerprint density at radius 2 is 1.72 bits per heavy atom. The van der Waals surface area contributed by atoms with Crippen LogP contribution in [0.1, 0.15) is 0 Å². The van der Waals surface area contributed by atoms with Crippen LogP contribution in [0.15, 0.2) is 36.4 Å². The summed E-state index contributed by atoms with van der Waals surface area (Å²) in [7, 11) is 0. The van der Waals surface area contributed by atoms with E-state index in [-0.39, 0.29) is 5.82 Å². The molecule has 0 atom stereocenters. The molecule has 0 aliphatic carbocycles. The quantitative estimate of drug-likeness (QED) is 0.689. The topological polar surface area (TPSA) is 28.7 Å². The van der Waals surface area contributed by atoms with Crippen LogP contribution in [0.3, 0.4) is 0 Å². The van der Waals surface area contributed by atoms with Gasteiger partial charge >= 0.3 is 0 Å². The minimum absolute atomic E-state index is 0.304. The number of nitrogens with zero attached hydrogens (tertiary/aromatic N) is 1. The third kappa shape index (κ3) is 2.07. The Kier molecular flexibility index (Phi) is 2.73. The lowest BCUT2D eigenvalue weighted by Crippen LogP contribution is -1.80. The lowest BCUT2D eigenvalue weighted by Gasteiger charge is -1.98. The van der Waals surface area contributed by atoms with Crippen molar-refractivity contribution in [3.63, 3.8) is 0 Å². The third-order valence-electron chi connectivity index (χ3n) is 2.58. The van der Waals surface area contributed by atoms with Crippen molar-refractivity contribution in [3.05, 3.63) is 52.3 Å². The smallest absolute Gasteiger partial charge is 0.138 e. The van der Waals surface area contributed by atoms with Gasteiger partial charge in [0.25, 0.3) is 0 Å². The van der Waals surface area contributed by atoms with Gasteiger partial charge in [0.1, 0.15) is 11.6 Å². The van der Waals surface area contributed by atoms with Crippen molar-refractivity contribution >= 4 is 34.2 Å². The Labute approximate surface area is 112 Å². The molecule has 0 radical (unpaired) electrons. The van der Waals surface area contributed by atoms with Gasteiger partial charge in [-0.1, -0.05) is 23.2 Å². The second kappa shape index (κ2) is 4.26. The lowest BCUT2D eigenvalue weighted by molar-refractivity contribution is 0.629. The third-order valence-corrected chi connectivity index (χ3v) is 3.02. The molecule has 0 spiro atoms. The van der Waals surface area contributed by atoms with Crippen LogP contribution < -0.4 is 0 Å². The van der Waals surface area contributed by atoms with Gasteiger partial charge < -0.3 is 4.98 Å². The average Bonchev–Trinajstić information content (AvgIpc) is 2.70. The summed E-state index contributed by atoms with van der Waals surface area (Å²) in [5.74, 6) is 0.307. The molecule has 3 aromatic rings. The first-order chi connectivity index (χ1) is 8.61. The molecule has 2 aromatic carbocycles. The van der Waals surface area contributed by atoms with Crippen LogP contribution in [-0.2, 0) is 0 Å². The van der Waals surface area contributed by atoms with E-state index in [9.17, 15) is 4.39 Å². The number of halogens is 3. The standard InChI is InChI=1S/C13H7Cl2FN2/c14-8-3-7(4-9(15)5-8)13-17-11-2-1-10(16)6-12(11)18-13/h1-6H,(H,17,18). The fourth-order valence-electron chi connectivity index (χ4n) is 1.81. The number of aromatic nitrogens is 2. The molecule has 3 rings (SSSR count). The molecule has 1 heterocycles. The fourth-order valence-corrected chi connectivity index (χ4v) is 2.34. The van der Waals surface area contributed by atoms with Gasteiger partial charge in [-0.05, 0) is 36.4 Å². The SMILES string of the molecule is Fc1ccc2nc(-c3cc(Cl)cc(Cl)c3)[nH]c2c1. The number of nitrogens with one attached hydrogen (secondary N) is 1. The molecule has 0 unspecified atom stereocenters. The first-order valence-electron chi connectivity index (χ1n) is 5.23. The van der Waals surface area contributed by atoms with E-state index in [0.717, 1.165) is 5.56 Å². The highest BCUT2D eigenvalue weighted by Crippen LogP contribution is 2.27. The molecule has 90 valence electrons. The predicted molar refractivity (Wildman–Crippen MR) is 71.5 cm³/mol. The molecule has 2 nitrogen and oxygen atoms in total. The highest BCUT2D eigenvalue weighted by atomic mass is 35.5. The first kappa shape index (κ1) is 11.5. The van der Waals surface area contributed by atoms with Crippen molar-refractivity contribution < 1.29 is 4.39 Å². The van der Waals surface area contributed by atoms with Gasteiger partial charge in [0.15, 0.2) is 0 Å². The van der Waals surface area contributed by atoms with E-state index in [0.29, 0.717) is 26.9 Å². The monoisotopic (exact) mass is 280 g/mol. The van der Waals surface area contributed by atoms with E-state index in [4.69, 9.17) is 23.2 Å². The van der Waals surface area contributed by atoms with Crippen molar-refractivity contribution in [3.8, 4) is 11.4 Å². The number of rotatable bonds is 1. The summed E-state index contributed by atoms with van der Waals surface area (Å²) in [6, 6.07) is 9.55. The van der Waals surface area contributed by atoms with Crippen LogP contribution in [-0.4, -0.2) is 9.97 Å². The second-order valence-corrected chi connectivity index (χ2v) is 4.78. The highest BCUT2D eigenvalue weighted by molar-refractivity contribution is 6.35. The van der Waals surface area contributed by atoms with Crippen molar-refractivity contribution in [1.29, 1.82) is 0 Å². The van der Waals surface area contributed by atoms with Gasteiger partial charge in [0.05, 0.1) is 11.0 Å². The van der Waals surface area contributed by atoms with Crippen LogP contribution in [0.2, 0.25) is 10.0 Å². The van der Waals surface area contributed by atoms with Crippen LogP contribution in [0.25, 0.3) is 22.4 Å².